The fraction of sp³-hybridized carbons (Fsp3) is 0.467. The fourth-order valence-corrected chi connectivity index (χ4v) is 1.68. The number of hydrogen-bond donors (Lipinski definition) is 1. The summed E-state index contributed by atoms with van der Waals surface area (Å²) in [4.78, 5) is 0. The van der Waals surface area contributed by atoms with Crippen LogP contribution in [0.1, 0.15) is 32.4 Å². The van der Waals surface area contributed by atoms with Crippen LogP contribution in [0.25, 0.3) is 0 Å². The van der Waals surface area contributed by atoms with Crippen molar-refractivity contribution in [1.82, 2.24) is 0 Å². The molecule has 0 aromatic heterocycles. The monoisotopic (exact) mass is 263 g/mol. The average molecular weight is 263 g/mol. The first kappa shape index (κ1) is 15.2. The van der Waals surface area contributed by atoms with Crippen LogP contribution in [0.3, 0.4) is 0 Å². The summed E-state index contributed by atoms with van der Waals surface area (Å²) in [5.41, 5.74) is 6.64. The molecule has 1 aromatic rings. The summed E-state index contributed by atoms with van der Waals surface area (Å²) in [6.07, 6.45) is 5.36. The lowest BCUT2D eigenvalue weighted by Crippen LogP contribution is -2.09. The van der Waals surface area contributed by atoms with Crippen molar-refractivity contribution in [2.45, 2.75) is 26.8 Å². The Labute approximate surface area is 114 Å². The molecule has 1 atom stereocenters. The molecule has 1 unspecified atom stereocenters. The van der Waals surface area contributed by atoms with Gasteiger partial charge in [-0.2, -0.15) is 0 Å². The zero-order valence-electron chi connectivity index (χ0n) is 11.7. The number of hydrogen-bond acceptors (Lipinski definition) is 4. The minimum absolute atomic E-state index is 0.492. The Kier molecular flexibility index (Phi) is 6.04. The molecule has 0 radical (unpaired) electrons. The van der Waals surface area contributed by atoms with E-state index in [0.29, 0.717) is 37.1 Å². The van der Waals surface area contributed by atoms with Gasteiger partial charge < -0.3 is 19.9 Å². The van der Waals surface area contributed by atoms with Gasteiger partial charge in [-0.1, -0.05) is 5.92 Å². The number of rotatable bonds is 7. The van der Waals surface area contributed by atoms with Gasteiger partial charge in [0.15, 0.2) is 11.5 Å². The summed E-state index contributed by atoms with van der Waals surface area (Å²) in [6, 6.07) is 3.12. The van der Waals surface area contributed by atoms with Crippen LogP contribution >= 0.6 is 0 Å². The molecule has 1 rings (SSSR count). The number of ether oxygens (including phenoxy) is 3. The van der Waals surface area contributed by atoms with E-state index >= 15 is 0 Å². The molecule has 0 spiro atoms. The maximum Gasteiger partial charge on any atom is 0.203 e. The topological polar surface area (TPSA) is 53.7 Å². The Morgan fingerprint density at radius 3 is 1.89 bits per heavy atom. The van der Waals surface area contributed by atoms with E-state index in [-0.39, 0.29) is 0 Å². The van der Waals surface area contributed by atoms with Crippen LogP contribution in [0.2, 0.25) is 0 Å². The Morgan fingerprint density at radius 1 is 1.05 bits per heavy atom. The highest BCUT2D eigenvalue weighted by Gasteiger charge is 2.16. The van der Waals surface area contributed by atoms with Crippen LogP contribution in [0.5, 0.6) is 17.2 Å². The predicted octanol–water partition coefficient (Wildman–Crippen LogP) is 2.52. The van der Waals surface area contributed by atoms with E-state index in [1.165, 1.54) is 0 Å². The summed E-state index contributed by atoms with van der Waals surface area (Å²) in [7, 11) is 0. The van der Waals surface area contributed by atoms with Crippen LogP contribution in [0.15, 0.2) is 12.1 Å². The van der Waals surface area contributed by atoms with Crippen molar-refractivity contribution in [1.29, 1.82) is 0 Å². The van der Waals surface area contributed by atoms with Gasteiger partial charge in [-0.05, 0) is 38.5 Å². The maximum absolute atomic E-state index is 5.86. The van der Waals surface area contributed by atoms with E-state index in [2.05, 4.69) is 5.92 Å². The van der Waals surface area contributed by atoms with Crippen LogP contribution in [-0.2, 0) is 0 Å². The first-order chi connectivity index (χ1) is 9.17. The lowest BCUT2D eigenvalue weighted by molar-refractivity contribution is 0.260. The van der Waals surface area contributed by atoms with Gasteiger partial charge in [0.05, 0.1) is 25.9 Å². The van der Waals surface area contributed by atoms with Gasteiger partial charge in [-0.25, -0.2) is 0 Å². The smallest absolute Gasteiger partial charge is 0.203 e. The number of benzene rings is 1. The van der Waals surface area contributed by atoms with Crippen LogP contribution < -0.4 is 19.9 Å². The standard InChI is InChI=1S/C15H21NO3/c1-5-12(16)11-9-13(17-6-2)15(19-8-4)14(10-11)18-7-3/h1,9-10,12H,6-8,16H2,2-4H3. The van der Waals surface area contributed by atoms with Crippen molar-refractivity contribution in [3.63, 3.8) is 0 Å². The van der Waals surface area contributed by atoms with Gasteiger partial charge in [0.2, 0.25) is 5.75 Å². The van der Waals surface area contributed by atoms with Gasteiger partial charge in [0, 0.05) is 0 Å². The van der Waals surface area contributed by atoms with Crippen LogP contribution in [0, 0.1) is 12.3 Å². The van der Waals surface area contributed by atoms with E-state index in [0.717, 1.165) is 5.56 Å². The average Bonchev–Trinajstić information content (AvgIpc) is 2.41. The zero-order chi connectivity index (χ0) is 14.3. The van der Waals surface area contributed by atoms with E-state index in [9.17, 15) is 0 Å². The lowest BCUT2D eigenvalue weighted by atomic mass is 10.1. The molecule has 2 N–H and O–H groups in total. The van der Waals surface area contributed by atoms with Gasteiger partial charge in [0.25, 0.3) is 0 Å². The molecule has 4 heteroatoms. The summed E-state index contributed by atoms with van der Waals surface area (Å²) in [5, 5.41) is 0. The SMILES string of the molecule is C#CC(N)c1cc(OCC)c(OCC)c(OCC)c1. The summed E-state index contributed by atoms with van der Waals surface area (Å²) in [5.74, 6) is 4.31. The van der Waals surface area contributed by atoms with Gasteiger partial charge in [0.1, 0.15) is 0 Å². The van der Waals surface area contributed by atoms with Crippen molar-refractivity contribution >= 4 is 0 Å². The highest BCUT2D eigenvalue weighted by Crippen LogP contribution is 2.40. The molecule has 0 saturated heterocycles. The van der Waals surface area contributed by atoms with Gasteiger partial charge in [-0.15, -0.1) is 6.42 Å². The molecule has 0 aliphatic rings. The normalized spacial score (nSPS) is 11.5. The molecule has 0 heterocycles. The second kappa shape index (κ2) is 7.55. The molecule has 4 nitrogen and oxygen atoms in total. The molecule has 0 aliphatic carbocycles. The third kappa shape index (κ3) is 3.80. The Morgan fingerprint density at radius 2 is 1.53 bits per heavy atom. The largest absolute Gasteiger partial charge is 0.490 e. The summed E-state index contributed by atoms with van der Waals surface area (Å²) >= 11 is 0. The van der Waals surface area contributed by atoms with Crippen molar-refractivity contribution in [2.75, 3.05) is 19.8 Å². The first-order valence-corrected chi connectivity index (χ1v) is 6.45. The van der Waals surface area contributed by atoms with E-state index in [1.807, 2.05) is 32.9 Å². The molecule has 19 heavy (non-hydrogen) atoms. The minimum atomic E-state index is -0.492. The second-order valence-corrected chi connectivity index (χ2v) is 3.79. The summed E-state index contributed by atoms with van der Waals surface area (Å²) in [6.45, 7) is 7.31. The summed E-state index contributed by atoms with van der Waals surface area (Å²) < 4.78 is 16.8. The first-order valence-electron chi connectivity index (χ1n) is 6.45. The van der Waals surface area contributed by atoms with Gasteiger partial charge >= 0.3 is 0 Å². The molecular weight excluding hydrogens is 242 g/mol. The third-order valence-electron chi connectivity index (χ3n) is 2.47. The predicted molar refractivity (Wildman–Crippen MR) is 75.7 cm³/mol. The number of terminal acetylenes is 1. The molecule has 0 aliphatic heterocycles. The van der Waals surface area contributed by atoms with Crippen molar-refractivity contribution in [3.8, 4) is 29.6 Å². The highest BCUT2D eigenvalue weighted by molar-refractivity contribution is 5.55. The van der Waals surface area contributed by atoms with E-state index < -0.39 is 6.04 Å². The van der Waals surface area contributed by atoms with Crippen LogP contribution in [-0.4, -0.2) is 19.8 Å². The van der Waals surface area contributed by atoms with Crippen molar-refractivity contribution in [3.05, 3.63) is 17.7 Å². The van der Waals surface area contributed by atoms with Crippen molar-refractivity contribution < 1.29 is 14.2 Å². The molecular formula is C15H21NO3. The fourth-order valence-electron chi connectivity index (χ4n) is 1.68. The number of nitrogens with two attached hydrogens (primary N) is 1. The lowest BCUT2D eigenvalue weighted by Gasteiger charge is -2.18. The Balaban J connectivity index is 3.30. The van der Waals surface area contributed by atoms with Crippen LogP contribution in [0.4, 0.5) is 0 Å². The molecule has 104 valence electrons. The Bertz CT molecular complexity index is 424. The molecule has 1 aromatic carbocycles. The quantitative estimate of drug-likeness (QED) is 0.768. The minimum Gasteiger partial charge on any atom is -0.490 e. The maximum atomic E-state index is 5.86. The highest BCUT2D eigenvalue weighted by atomic mass is 16.5. The van der Waals surface area contributed by atoms with Crippen molar-refractivity contribution in [2.24, 2.45) is 5.73 Å². The zero-order valence-corrected chi connectivity index (χ0v) is 11.7. The molecule has 0 bridgehead atoms. The van der Waals surface area contributed by atoms with E-state index in [1.54, 1.807) is 0 Å². The van der Waals surface area contributed by atoms with E-state index in [4.69, 9.17) is 26.4 Å². The molecule has 0 fully saturated rings. The Hall–Kier alpha value is -1.86. The third-order valence-corrected chi connectivity index (χ3v) is 2.47. The second-order valence-electron chi connectivity index (χ2n) is 3.79. The molecule has 0 amide bonds. The van der Waals surface area contributed by atoms with Gasteiger partial charge in [-0.3, -0.25) is 0 Å². The molecule has 0 saturated carbocycles.